The predicted molar refractivity (Wildman–Crippen MR) is 86.9 cm³/mol. The molecule has 0 saturated carbocycles. The Morgan fingerprint density at radius 1 is 1.00 bits per heavy atom. The maximum atomic E-state index is 6.17. The van der Waals surface area contributed by atoms with Crippen molar-refractivity contribution in [3.8, 4) is 21.8 Å². The molecule has 20 heavy (non-hydrogen) atoms. The van der Waals surface area contributed by atoms with Crippen LogP contribution in [0, 0.1) is 13.8 Å². The molecule has 0 atom stereocenters. The summed E-state index contributed by atoms with van der Waals surface area (Å²) in [6.45, 7) is 4.19. The minimum Gasteiger partial charge on any atom is -0.389 e. The molecular formula is C17H16N2S. The van der Waals surface area contributed by atoms with E-state index in [2.05, 4.69) is 44.2 Å². The van der Waals surface area contributed by atoms with Crippen LogP contribution in [0.15, 0.2) is 48.5 Å². The highest BCUT2D eigenvalue weighted by Gasteiger charge is 2.13. The molecule has 0 saturated heterocycles. The van der Waals surface area contributed by atoms with Crippen LogP contribution < -0.4 is 5.73 Å². The number of aromatic nitrogens is 1. The average Bonchev–Trinajstić information content (AvgIpc) is 2.82. The molecule has 1 aromatic heterocycles. The van der Waals surface area contributed by atoms with Gasteiger partial charge in [-0.25, -0.2) is 4.98 Å². The van der Waals surface area contributed by atoms with Crippen molar-refractivity contribution < 1.29 is 0 Å². The van der Waals surface area contributed by atoms with E-state index in [1.807, 2.05) is 18.2 Å². The van der Waals surface area contributed by atoms with Crippen molar-refractivity contribution in [2.24, 2.45) is 0 Å². The van der Waals surface area contributed by atoms with Crippen molar-refractivity contribution in [3.63, 3.8) is 0 Å². The minimum absolute atomic E-state index is 0.774. The maximum Gasteiger partial charge on any atom is 0.126 e. The summed E-state index contributed by atoms with van der Waals surface area (Å²) in [6, 6.07) is 16.5. The van der Waals surface area contributed by atoms with Crippen LogP contribution in [0.2, 0.25) is 0 Å². The zero-order valence-electron chi connectivity index (χ0n) is 11.6. The fourth-order valence-electron chi connectivity index (χ4n) is 2.31. The fraction of sp³-hybridized carbons (Fsp3) is 0.118. The lowest BCUT2D eigenvalue weighted by atomic mass is 10.0. The third kappa shape index (κ3) is 2.32. The van der Waals surface area contributed by atoms with E-state index >= 15 is 0 Å². The fourth-order valence-corrected chi connectivity index (χ4v) is 3.16. The van der Waals surface area contributed by atoms with E-state index in [0.717, 1.165) is 26.8 Å². The van der Waals surface area contributed by atoms with E-state index in [4.69, 9.17) is 10.7 Å². The van der Waals surface area contributed by atoms with Crippen molar-refractivity contribution in [1.29, 1.82) is 0 Å². The summed E-state index contributed by atoms with van der Waals surface area (Å²) in [7, 11) is 0. The Bertz CT molecular complexity index is 745. The normalized spacial score (nSPS) is 10.7. The summed E-state index contributed by atoms with van der Waals surface area (Å²) < 4.78 is 0. The van der Waals surface area contributed by atoms with Gasteiger partial charge in [0.1, 0.15) is 15.7 Å². The van der Waals surface area contributed by atoms with Gasteiger partial charge in [0.05, 0.1) is 0 Å². The molecule has 100 valence electrons. The lowest BCUT2D eigenvalue weighted by Gasteiger charge is -2.04. The Labute approximate surface area is 122 Å². The summed E-state index contributed by atoms with van der Waals surface area (Å²) in [4.78, 5) is 4.73. The van der Waals surface area contributed by atoms with Gasteiger partial charge in [-0.2, -0.15) is 0 Å². The molecule has 0 fully saturated rings. The monoisotopic (exact) mass is 280 g/mol. The van der Waals surface area contributed by atoms with E-state index < -0.39 is 0 Å². The third-order valence-corrected chi connectivity index (χ3v) is 4.24. The summed E-state index contributed by atoms with van der Waals surface area (Å²) in [5.41, 5.74) is 11.8. The van der Waals surface area contributed by atoms with E-state index in [1.54, 1.807) is 11.3 Å². The molecule has 0 aliphatic carbocycles. The van der Waals surface area contributed by atoms with Gasteiger partial charge in [-0.3, -0.25) is 0 Å². The molecule has 3 aromatic rings. The summed E-state index contributed by atoms with van der Waals surface area (Å²) in [6.07, 6.45) is 0. The van der Waals surface area contributed by atoms with Crippen LogP contribution >= 0.6 is 11.3 Å². The van der Waals surface area contributed by atoms with Gasteiger partial charge in [0, 0.05) is 11.1 Å². The van der Waals surface area contributed by atoms with Gasteiger partial charge in [0.25, 0.3) is 0 Å². The van der Waals surface area contributed by atoms with Gasteiger partial charge in [0.15, 0.2) is 0 Å². The topological polar surface area (TPSA) is 38.9 Å². The molecule has 2 aromatic carbocycles. The molecule has 0 radical (unpaired) electrons. The standard InChI is InChI=1S/C17H16N2S/c1-11-8-9-14(12(2)10-11)15-16(18)20-17(19-15)13-6-4-3-5-7-13/h3-10H,18H2,1-2H3. The van der Waals surface area contributed by atoms with Crippen molar-refractivity contribution in [3.05, 3.63) is 59.7 Å². The maximum absolute atomic E-state index is 6.17. The van der Waals surface area contributed by atoms with Crippen molar-refractivity contribution in [1.82, 2.24) is 4.98 Å². The Kier molecular flexibility index (Phi) is 3.28. The molecule has 3 rings (SSSR count). The molecule has 0 amide bonds. The number of hydrogen-bond acceptors (Lipinski definition) is 3. The summed E-state index contributed by atoms with van der Waals surface area (Å²) >= 11 is 1.54. The molecule has 2 N–H and O–H groups in total. The Hall–Kier alpha value is -2.13. The smallest absolute Gasteiger partial charge is 0.126 e. The van der Waals surface area contributed by atoms with Crippen molar-refractivity contribution in [2.45, 2.75) is 13.8 Å². The second-order valence-electron chi connectivity index (χ2n) is 4.92. The highest BCUT2D eigenvalue weighted by molar-refractivity contribution is 7.19. The first kappa shape index (κ1) is 12.9. The molecule has 3 heteroatoms. The number of nitrogens with zero attached hydrogens (tertiary/aromatic N) is 1. The van der Waals surface area contributed by atoms with E-state index in [-0.39, 0.29) is 0 Å². The summed E-state index contributed by atoms with van der Waals surface area (Å²) in [5.74, 6) is 0. The summed E-state index contributed by atoms with van der Waals surface area (Å²) in [5, 5.41) is 1.74. The number of thiazole rings is 1. The van der Waals surface area contributed by atoms with Crippen LogP contribution in [-0.2, 0) is 0 Å². The SMILES string of the molecule is Cc1ccc(-c2nc(-c3ccccc3)sc2N)c(C)c1. The van der Waals surface area contributed by atoms with Crippen LogP contribution in [0.1, 0.15) is 11.1 Å². The van der Waals surface area contributed by atoms with Gasteiger partial charge in [-0.1, -0.05) is 65.4 Å². The zero-order valence-corrected chi connectivity index (χ0v) is 12.4. The molecule has 0 aliphatic rings. The van der Waals surface area contributed by atoms with Crippen molar-refractivity contribution >= 4 is 16.3 Å². The second-order valence-corrected chi connectivity index (χ2v) is 5.95. The number of anilines is 1. The molecule has 1 heterocycles. The first-order valence-electron chi connectivity index (χ1n) is 6.54. The Morgan fingerprint density at radius 2 is 1.75 bits per heavy atom. The molecular weight excluding hydrogens is 264 g/mol. The third-order valence-electron chi connectivity index (χ3n) is 3.31. The lowest BCUT2D eigenvalue weighted by molar-refractivity contribution is 1.34. The van der Waals surface area contributed by atoms with Crippen LogP contribution in [0.25, 0.3) is 21.8 Å². The van der Waals surface area contributed by atoms with E-state index in [9.17, 15) is 0 Å². The van der Waals surface area contributed by atoms with Gasteiger partial charge < -0.3 is 5.73 Å². The average molecular weight is 280 g/mol. The van der Waals surface area contributed by atoms with Gasteiger partial charge in [-0.15, -0.1) is 0 Å². The number of nitrogens with two attached hydrogens (primary N) is 1. The van der Waals surface area contributed by atoms with Crippen LogP contribution in [0.4, 0.5) is 5.00 Å². The quantitative estimate of drug-likeness (QED) is 0.740. The van der Waals surface area contributed by atoms with E-state index in [1.165, 1.54) is 11.1 Å². The van der Waals surface area contributed by atoms with Crippen molar-refractivity contribution in [2.75, 3.05) is 5.73 Å². The minimum atomic E-state index is 0.774. The second kappa shape index (κ2) is 5.10. The first-order valence-corrected chi connectivity index (χ1v) is 7.36. The van der Waals surface area contributed by atoms with Gasteiger partial charge >= 0.3 is 0 Å². The number of aryl methyl sites for hydroxylation is 2. The number of rotatable bonds is 2. The molecule has 0 spiro atoms. The Morgan fingerprint density at radius 3 is 2.45 bits per heavy atom. The predicted octanol–water partition coefficient (Wildman–Crippen LogP) is 4.68. The van der Waals surface area contributed by atoms with Crippen LogP contribution in [0.5, 0.6) is 0 Å². The van der Waals surface area contributed by atoms with Gasteiger partial charge in [-0.05, 0) is 19.4 Å². The largest absolute Gasteiger partial charge is 0.389 e. The first-order chi connectivity index (χ1) is 9.65. The van der Waals surface area contributed by atoms with Crippen LogP contribution in [-0.4, -0.2) is 4.98 Å². The van der Waals surface area contributed by atoms with Gasteiger partial charge in [0.2, 0.25) is 0 Å². The molecule has 2 nitrogen and oxygen atoms in total. The molecule has 0 bridgehead atoms. The molecule has 0 unspecified atom stereocenters. The Balaban J connectivity index is 2.10. The van der Waals surface area contributed by atoms with Crippen LogP contribution in [0.3, 0.4) is 0 Å². The van der Waals surface area contributed by atoms with E-state index in [0.29, 0.717) is 0 Å². The zero-order chi connectivity index (χ0) is 14.1. The number of hydrogen-bond donors (Lipinski definition) is 1. The highest BCUT2D eigenvalue weighted by atomic mass is 32.1. The molecule has 0 aliphatic heterocycles. The number of nitrogen functional groups attached to an aromatic ring is 1. The number of benzene rings is 2. The highest BCUT2D eigenvalue weighted by Crippen LogP contribution is 2.37. The lowest BCUT2D eigenvalue weighted by Crippen LogP contribution is -1.89.